The summed E-state index contributed by atoms with van der Waals surface area (Å²) >= 11 is 0. The van der Waals surface area contributed by atoms with Crippen molar-refractivity contribution in [2.75, 3.05) is 0 Å². The number of aryl methyl sites for hydroxylation is 2. The van der Waals surface area contributed by atoms with Crippen molar-refractivity contribution >= 4 is 0 Å². The second-order valence-corrected chi connectivity index (χ2v) is 3.77. The van der Waals surface area contributed by atoms with Crippen LogP contribution in [0.1, 0.15) is 18.1 Å². The SMILES string of the molecule is CCc1ccc(Oc2ccc(C)cc2)nc1. The fourth-order valence-corrected chi connectivity index (χ4v) is 1.41. The molecule has 0 bridgehead atoms. The summed E-state index contributed by atoms with van der Waals surface area (Å²) in [5.41, 5.74) is 2.44. The second-order valence-electron chi connectivity index (χ2n) is 3.77. The van der Waals surface area contributed by atoms with Gasteiger partial charge in [-0.1, -0.05) is 30.7 Å². The first-order valence-electron chi connectivity index (χ1n) is 5.47. The number of rotatable bonds is 3. The Kier molecular flexibility index (Phi) is 3.20. The van der Waals surface area contributed by atoms with E-state index >= 15 is 0 Å². The highest BCUT2D eigenvalue weighted by Crippen LogP contribution is 2.19. The average molecular weight is 213 g/mol. The van der Waals surface area contributed by atoms with Crippen LogP contribution in [0.4, 0.5) is 0 Å². The minimum atomic E-state index is 0.640. The summed E-state index contributed by atoms with van der Waals surface area (Å²) in [6.45, 7) is 4.16. The van der Waals surface area contributed by atoms with Gasteiger partial charge in [-0.15, -0.1) is 0 Å². The number of pyridine rings is 1. The minimum Gasteiger partial charge on any atom is -0.439 e. The van der Waals surface area contributed by atoms with Gasteiger partial charge in [0.15, 0.2) is 0 Å². The van der Waals surface area contributed by atoms with E-state index in [4.69, 9.17) is 4.74 Å². The van der Waals surface area contributed by atoms with Gasteiger partial charge < -0.3 is 4.74 Å². The van der Waals surface area contributed by atoms with Gasteiger partial charge in [0.05, 0.1) is 0 Å². The normalized spacial score (nSPS) is 10.1. The van der Waals surface area contributed by atoms with Crippen LogP contribution in [0.15, 0.2) is 42.6 Å². The molecule has 1 heterocycles. The Hall–Kier alpha value is -1.83. The van der Waals surface area contributed by atoms with Crippen LogP contribution in [0.2, 0.25) is 0 Å². The van der Waals surface area contributed by atoms with Crippen LogP contribution in [-0.4, -0.2) is 4.98 Å². The molecule has 1 aromatic heterocycles. The summed E-state index contributed by atoms with van der Waals surface area (Å²) in [5, 5.41) is 0. The van der Waals surface area contributed by atoms with Crippen molar-refractivity contribution < 1.29 is 4.74 Å². The molecule has 0 aliphatic heterocycles. The predicted octanol–water partition coefficient (Wildman–Crippen LogP) is 3.74. The van der Waals surface area contributed by atoms with Gasteiger partial charge in [0.25, 0.3) is 0 Å². The van der Waals surface area contributed by atoms with E-state index in [-0.39, 0.29) is 0 Å². The number of hydrogen-bond donors (Lipinski definition) is 0. The number of nitrogens with zero attached hydrogens (tertiary/aromatic N) is 1. The molecule has 0 atom stereocenters. The van der Waals surface area contributed by atoms with Crippen molar-refractivity contribution in [2.24, 2.45) is 0 Å². The Morgan fingerprint density at radius 3 is 2.38 bits per heavy atom. The molecular weight excluding hydrogens is 198 g/mol. The maximum atomic E-state index is 5.62. The highest BCUT2D eigenvalue weighted by molar-refractivity contribution is 5.30. The van der Waals surface area contributed by atoms with Crippen molar-refractivity contribution in [2.45, 2.75) is 20.3 Å². The molecule has 2 rings (SSSR count). The summed E-state index contributed by atoms with van der Waals surface area (Å²) in [6.07, 6.45) is 2.85. The zero-order valence-electron chi connectivity index (χ0n) is 9.60. The Morgan fingerprint density at radius 2 is 1.81 bits per heavy atom. The fraction of sp³-hybridized carbons (Fsp3) is 0.214. The molecule has 0 aliphatic carbocycles. The number of aromatic nitrogens is 1. The third-order valence-electron chi connectivity index (χ3n) is 2.45. The van der Waals surface area contributed by atoms with Gasteiger partial charge in [-0.3, -0.25) is 0 Å². The van der Waals surface area contributed by atoms with Crippen LogP contribution in [0, 0.1) is 6.92 Å². The standard InChI is InChI=1S/C14H15NO/c1-3-12-6-9-14(15-10-12)16-13-7-4-11(2)5-8-13/h4-10H,3H2,1-2H3. The molecule has 0 fully saturated rings. The third-order valence-corrected chi connectivity index (χ3v) is 2.45. The van der Waals surface area contributed by atoms with Crippen molar-refractivity contribution in [1.82, 2.24) is 4.98 Å². The van der Waals surface area contributed by atoms with Gasteiger partial charge in [-0.2, -0.15) is 0 Å². The molecule has 0 aliphatic rings. The molecule has 2 heteroatoms. The minimum absolute atomic E-state index is 0.640. The molecule has 0 N–H and O–H groups in total. The third kappa shape index (κ3) is 2.60. The maximum Gasteiger partial charge on any atom is 0.219 e. The number of ether oxygens (including phenoxy) is 1. The molecule has 1 aromatic carbocycles. The van der Waals surface area contributed by atoms with E-state index < -0.39 is 0 Å². The molecule has 0 saturated heterocycles. The summed E-state index contributed by atoms with van der Waals surface area (Å²) < 4.78 is 5.62. The fourth-order valence-electron chi connectivity index (χ4n) is 1.41. The molecule has 82 valence electrons. The highest BCUT2D eigenvalue weighted by atomic mass is 16.5. The van der Waals surface area contributed by atoms with E-state index in [1.807, 2.05) is 42.6 Å². The van der Waals surface area contributed by atoms with Crippen molar-refractivity contribution in [3.8, 4) is 11.6 Å². The molecule has 0 amide bonds. The first-order chi connectivity index (χ1) is 7.78. The van der Waals surface area contributed by atoms with E-state index in [1.165, 1.54) is 11.1 Å². The van der Waals surface area contributed by atoms with Crippen LogP contribution >= 0.6 is 0 Å². The van der Waals surface area contributed by atoms with Crippen LogP contribution in [0.3, 0.4) is 0 Å². The van der Waals surface area contributed by atoms with Crippen molar-refractivity contribution in [1.29, 1.82) is 0 Å². The Labute approximate surface area is 95.9 Å². The average Bonchev–Trinajstić information content (AvgIpc) is 2.33. The van der Waals surface area contributed by atoms with Crippen LogP contribution < -0.4 is 4.74 Å². The largest absolute Gasteiger partial charge is 0.439 e. The number of benzene rings is 1. The lowest BCUT2D eigenvalue weighted by atomic mass is 10.2. The summed E-state index contributed by atoms with van der Waals surface area (Å²) in [7, 11) is 0. The van der Waals surface area contributed by atoms with Crippen LogP contribution in [0.5, 0.6) is 11.6 Å². The quantitative estimate of drug-likeness (QED) is 0.774. The predicted molar refractivity (Wildman–Crippen MR) is 64.9 cm³/mol. The molecule has 0 radical (unpaired) electrons. The Morgan fingerprint density at radius 1 is 1.06 bits per heavy atom. The zero-order valence-corrected chi connectivity index (χ0v) is 9.60. The van der Waals surface area contributed by atoms with E-state index in [2.05, 4.69) is 18.8 Å². The van der Waals surface area contributed by atoms with Crippen molar-refractivity contribution in [3.05, 3.63) is 53.7 Å². The number of hydrogen-bond acceptors (Lipinski definition) is 2. The molecular formula is C14H15NO. The summed E-state index contributed by atoms with van der Waals surface area (Å²) in [5.74, 6) is 1.46. The van der Waals surface area contributed by atoms with Crippen LogP contribution in [-0.2, 0) is 6.42 Å². The topological polar surface area (TPSA) is 22.1 Å². The molecule has 16 heavy (non-hydrogen) atoms. The van der Waals surface area contributed by atoms with Gasteiger partial charge >= 0.3 is 0 Å². The highest BCUT2D eigenvalue weighted by Gasteiger charge is 1.98. The van der Waals surface area contributed by atoms with Crippen molar-refractivity contribution in [3.63, 3.8) is 0 Å². The summed E-state index contributed by atoms with van der Waals surface area (Å²) in [6, 6.07) is 11.9. The first-order valence-corrected chi connectivity index (χ1v) is 5.47. The van der Waals surface area contributed by atoms with E-state index in [0.29, 0.717) is 5.88 Å². The van der Waals surface area contributed by atoms with Gasteiger partial charge in [0, 0.05) is 12.3 Å². The maximum absolute atomic E-state index is 5.62. The first kappa shape index (κ1) is 10.7. The molecule has 2 nitrogen and oxygen atoms in total. The lowest BCUT2D eigenvalue weighted by molar-refractivity contribution is 0.462. The van der Waals surface area contributed by atoms with Gasteiger partial charge in [-0.05, 0) is 31.0 Å². The van der Waals surface area contributed by atoms with E-state index in [1.54, 1.807) is 0 Å². The van der Waals surface area contributed by atoms with Gasteiger partial charge in [0.2, 0.25) is 5.88 Å². The lowest BCUT2D eigenvalue weighted by Gasteiger charge is -2.05. The Balaban J connectivity index is 2.11. The van der Waals surface area contributed by atoms with E-state index in [9.17, 15) is 0 Å². The Bertz CT molecular complexity index is 445. The molecule has 0 spiro atoms. The van der Waals surface area contributed by atoms with Gasteiger partial charge in [-0.25, -0.2) is 4.98 Å². The zero-order chi connectivity index (χ0) is 11.4. The molecule has 2 aromatic rings. The second kappa shape index (κ2) is 4.79. The van der Waals surface area contributed by atoms with Gasteiger partial charge in [0.1, 0.15) is 5.75 Å². The monoisotopic (exact) mass is 213 g/mol. The lowest BCUT2D eigenvalue weighted by Crippen LogP contribution is -1.89. The molecule has 0 unspecified atom stereocenters. The smallest absolute Gasteiger partial charge is 0.219 e. The van der Waals surface area contributed by atoms with Crippen LogP contribution in [0.25, 0.3) is 0 Å². The molecule has 0 saturated carbocycles. The van der Waals surface area contributed by atoms with E-state index in [0.717, 1.165) is 12.2 Å². The summed E-state index contributed by atoms with van der Waals surface area (Å²) in [4.78, 5) is 4.25.